The van der Waals surface area contributed by atoms with E-state index in [2.05, 4.69) is 0 Å². The quantitative estimate of drug-likeness (QED) is 0.853. The fraction of sp³-hybridized carbons (Fsp3) is 0.385. The van der Waals surface area contributed by atoms with Crippen LogP contribution in [0.15, 0.2) is 18.2 Å². The average molecular weight is 247 g/mol. The first-order chi connectivity index (χ1) is 8.58. The topological polar surface area (TPSA) is 66.8 Å². The highest BCUT2D eigenvalue weighted by molar-refractivity contribution is 5.97. The number of aliphatic carboxylic acids is 1. The summed E-state index contributed by atoms with van der Waals surface area (Å²) < 4.78 is 5.38. The van der Waals surface area contributed by atoms with Gasteiger partial charge in [-0.25, -0.2) is 0 Å². The fourth-order valence-electron chi connectivity index (χ4n) is 2.36. The number of amides is 1. The molecule has 1 aromatic carbocycles. The summed E-state index contributed by atoms with van der Waals surface area (Å²) >= 11 is 0. The lowest BCUT2D eigenvalue weighted by atomic mass is 10.1. The predicted molar refractivity (Wildman–Crippen MR) is 63.8 cm³/mol. The first kappa shape index (κ1) is 11.1. The highest BCUT2D eigenvalue weighted by atomic mass is 16.5. The minimum atomic E-state index is -0.745. The van der Waals surface area contributed by atoms with E-state index in [0.717, 1.165) is 11.3 Å². The van der Waals surface area contributed by atoms with Gasteiger partial charge in [0.2, 0.25) is 0 Å². The summed E-state index contributed by atoms with van der Waals surface area (Å²) in [5.41, 5.74) is 1.71. The number of carboxylic acids is 1. The minimum Gasteiger partial charge on any atom is -0.482 e. The lowest BCUT2D eigenvalue weighted by molar-refractivity contribution is -0.138. The van der Waals surface area contributed by atoms with Crippen molar-refractivity contribution in [1.29, 1.82) is 0 Å². The molecule has 3 rings (SSSR count). The summed E-state index contributed by atoms with van der Waals surface area (Å²) in [5, 5.41) is 8.92. The Bertz CT molecular complexity index is 540. The van der Waals surface area contributed by atoms with Gasteiger partial charge in [0.1, 0.15) is 5.75 Å². The second kappa shape index (κ2) is 3.73. The molecule has 2 unspecified atom stereocenters. The van der Waals surface area contributed by atoms with Crippen LogP contribution in [0.5, 0.6) is 5.75 Å². The standard InChI is InChI=1S/C13H13NO4/c1-14-10-3-2-7(8-5-9(8)13(16)17)4-11(10)18-6-12(14)15/h2-4,8-9H,5-6H2,1H3,(H,16,17). The number of carboxylic acid groups (broad SMARTS) is 1. The SMILES string of the molecule is CN1C(=O)COc2cc(C3CC3C(=O)O)ccc21. The zero-order valence-electron chi connectivity index (χ0n) is 9.92. The summed E-state index contributed by atoms with van der Waals surface area (Å²) in [5.74, 6) is -0.355. The minimum absolute atomic E-state index is 0.0416. The molecule has 1 N–H and O–H groups in total. The van der Waals surface area contributed by atoms with Crippen molar-refractivity contribution in [2.75, 3.05) is 18.6 Å². The number of nitrogens with zero attached hydrogens (tertiary/aromatic N) is 1. The van der Waals surface area contributed by atoms with E-state index in [9.17, 15) is 9.59 Å². The molecular weight excluding hydrogens is 234 g/mol. The molecule has 1 aliphatic heterocycles. The molecule has 1 amide bonds. The second-order valence-corrected chi connectivity index (χ2v) is 4.76. The Hall–Kier alpha value is -2.04. The maximum atomic E-state index is 11.5. The maximum Gasteiger partial charge on any atom is 0.307 e. The Morgan fingerprint density at radius 1 is 1.50 bits per heavy atom. The smallest absolute Gasteiger partial charge is 0.307 e. The van der Waals surface area contributed by atoms with Gasteiger partial charge in [0.05, 0.1) is 11.6 Å². The van der Waals surface area contributed by atoms with Crippen LogP contribution < -0.4 is 9.64 Å². The molecule has 1 heterocycles. The van der Waals surface area contributed by atoms with E-state index < -0.39 is 5.97 Å². The van der Waals surface area contributed by atoms with Crippen molar-refractivity contribution in [2.24, 2.45) is 5.92 Å². The van der Waals surface area contributed by atoms with Crippen molar-refractivity contribution in [3.8, 4) is 5.75 Å². The first-order valence-electron chi connectivity index (χ1n) is 5.84. The molecule has 0 radical (unpaired) electrons. The number of ether oxygens (including phenoxy) is 1. The van der Waals surface area contributed by atoms with Gasteiger partial charge < -0.3 is 14.7 Å². The molecule has 0 spiro atoms. The number of likely N-dealkylation sites (N-methyl/N-ethyl adjacent to an activating group) is 1. The summed E-state index contributed by atoms with van der Waals surface area (Å²) in [6, 6.07) is 5.55. The summed E-state index contributed by atoms with van der Waals surface area (Å²) in [7, 11) is 1.71. The molecule has 1 fully saturated rings. The van der Waals surface area contributed by atoms with Crippen molar-refractivity contribution in [3.63, 3.8) is 0 Å². The molecule has 1 aromatic rings. The number of anilines is 1. The van der Waals surface area contributed by atoms with Crippen molar-refractivity contribution in [1.82, 2.24) is 0 Å². The summed E-state index contributed by atoms with van der Waals surface area (Å²) in [6.07, 6.45) is 0.683. The molecule has 1 aliphatic carbocycles. The lowest BCUT2D eigenvalue weighted by Crippen LogP contribution is -2.35. The van der Waals surface area contributed by atoms with Crippen LogP contribution in [-0.4, -0.2) is 30.6 Å². The third kappa shape index (κ3) is 1.63. The zero-order chi connectivity index (χ0) is 12.9. The number of hydrogen-bond acceptors (Lipinski definition) is 3. The van der Waals surface area contributed by atoms with Gasteiger partial charge in [-0.3, -0.25) is 9.59 Å². The molecule has 0 aromatic heterocycles. The van der Waals surface area contributed by atoms with Gasteiger partial charge in [0.25, 0.3) is 5.91 Å². The normalized spacial score (nSPS) is 25.4. The number of carbonyl (C=O) groups excluding carboxylic acids is 1. The Morgan fingerprint density at radius 2 is 2.28 bits per heavy atom. The van der Waals surface area contributed by atoms with Crippen LogP contribution in [-0.2, 0) is 9.59 Å². The number of fused-ring (bicyclic) bond motifs is 1. The van der Waals surface area contributed by atoms with E-state index in [4.69, 9.17) is 9.84 Å². The zero-order valence-corrected chi connectivity index (χ0v) is 9.92. The molecule has 2 aliphatic rings. The van der Waals surface area contributed by atoms with Crippen LogP contribution >= 0.6 is 0 Å². The van der Waals surface area contributed by atoms with Crippen LogP contribution in [0.1, 0.15) is 17.9 Å². The molecule has 0 bridgehead atoms. The molecule has 5 nitrogen and oxygen atoms in total. The van der Waals surface area contributed by atoms with Crippen molar-refractivity contribution in [3.05, 3.63) is 23.8 Å². The second-order valence-electron chi connectivity index (χ2n) is 4.76. The molecule has 94 valence electrons. The highest BCUT2D eigenvalue weighted by Crippen LogP contribution is 2.49. The van der Waals surface area contributed by atoms with E-state index in [0.29, 0.717) is 12.2 Å². The van der Waals surface area contributed by atoms with E-state index in [-0.39, 0.29) is 24.3 Å². The van der Waals surface area contributed by atoms with Gasteiger partial charge in [0, 0.05) is 7.05 Å². The Balaban J connectivity index is 1.89. The van der Waals surface area contributed by atoms with Crippen LogP contribution in [0, 0.1) is 5.92 Å². The Morgan fingerprint density at radius 3 is 2.94 bits per heavy atom. The van der Waals surface area contributed by atoms with Crippen LogP contribution in [0.3, 0.4) is 0 Å². The molecule has 18 heavy (non-hydrogen) atoms. The monoisotopic (exact) mass is 247 g/mol. The van der Waals surface area contributed by atoms with Gasteiger partial charge in [-0.1, -0.05) is 6.07 Å². The van der Waals surface area contributed by atoms with Gasteiger partial charge in [-0.15, -0.1) is 0 Å². The molecular formula is C13H13NO4. The van der Waals surface area contributed by atoms with E-state index in [1.54, 1.807) is 11.9 Å². The van der Waals surface area contributed by atoms with Gasteiger partial charge in [0.15, 0.2) is 6.61 Å². The van der Waals surface area contributed by atoms with Crippen molar-refractivity contribution in [2.45, 2.75) is 12.3 Å². The van der Waals surface area contributed by atoms with Crippen LogP contribution in [0.25, 0.3) is 0 Å². The Kier molecular flexibility index (Phi) is 2.29. The highest BCUT2D eigenvalue weighted by Gasteiger charge is 2.44. The van der Waals surface area contributed by atoms with Gasteiger partial charge >= 0.3 is 5.97 Å². The van der Waals surface area contributed by atoms with E-state index in [1.807, 2.05) is 18.2 Å². The van der Waals surface area contributed by atoms with Gasteiger partial charge in [-0.05, 0) is 30.0 Å². The maximum absolute atomic E-state index is 11.5. The number of benzene rings is 1. The summed E-state index contributed by atoms with van der Waals surface area (Å²) in [6.45, 7) is 0.0416. The lowest BCUT2D eigenvalue weighted by Gasteiger charge is -2.26. The van der Waals surface area contributed by atoms with Gasteiger partial charge in [-0.2, -0.15) is 0 Å². The third-order valence-corrected chi connectivity index (χ3v) is 3.61. The molecule has 5 heteroatoms. The third-order valence-electron chi connectivity index (χ3n) is 3.61. The number of carbonyl (C=O) groups is 2. The molecule has 1 saturated carbocycles. The summed E-state index contributed by atoms with van der Waals surface area (Å²) in [4.78, 5) is 23.9. The molecule has 2 atom stereocenters. The number of hydrogen-bond donors (Lipinski definition) is 1. The largest absolute Gasteiger partial charge is 0.482 e. The number of rotatable bonds is 2. The average Bonchev–Trinajstić information content (AvgIpc) is 3.14. The van der Waals surface area contributed by atoms with E-state index >= 15 is 0 Å². The van der Waals surface area contributed by atoms with E-state index in [1.165, 1.54) is 0 Å². The van der Waals surface area contributed by atoms with Crippen LogP contribution in [0.2, 0.25) is 0 Å². The van der Waals surface area contributed by atoms with Crippen molar-refractivity contribution >= 4 is 17.6 Å². The predicted octanol–water partition coefficient (Wildman–Crippen LogP) is 1.23. The van der Waals surface area contributed by atoms with Crippen molar-refractivity contribution < 1.29 is 19.4 Å². The molecule has 0 saturated heterocycles. The first-order valence-corrected chi connectivity index (χ1v) is 5.84. The fourth-order valence-corrected chi connectivity index (χ4v) is 2.36. The van der Waals surface area contributed by atoms with Crippen LogP contribution in [0.4, 0.5) is 5.69 Å². The Labute approximate surface area is 104 Å².